The predicted molar refractivity (Wildman–Crippen MR) is 105 cm³/mol. The van der Waals surface area contributed by atoms with Crippen LogP contribution in [-0.2, 0) is 11.2 Å². The lowest BCUT2D eigenvalue weighted by molar-refractivity contribution is -0.134. The number of amides is 1. The van der Waals surface area contributed by atoms with E-state index in [0.717, 1.165) is 54.7 Å². The summed E-state index contributed by atoms with van der Waals surface area (Å²) in [5.41, 5.74) is 2.20. The lowest BCUT2D eigenvalue weighted by Gasteiger charge is -2.38. The summed E-state index contributed by atoms with van der Waals surface area (Å²) in [5.74, 6) is 2.24. The van der Waals surface area contributed by atoms with E-state index in [9.17, 15) is 4.79 Å². The molecular formula is C19H26BrN3O4. The van der Waals surface area contributed by atoms with Crippen molar-refractivity contribution in [1.29, 1.82) is 0 Å². The van der Waals surface area contributed by atoms with Crippen LogP contribution in [0.15, 0.2) is 4.47 Å². The zero-order valence-electron chi connectivity index (χ0n) is 16.1. The van der Waals surface area contributed by atoms with Gasteiger partial charge in [-0.15, -0.1) is 0 Å². The van der Waals surface area contributed by atoms with Gasteiger partial charge in [0.25, 0.3) is 0 Å². The maximum Gasteiger partial charge on any atom is 0.231 e. The minimum atomic E-state index is -0.0401. The molecule has 0 saturated carbocycles. The largest absolute Gasteiger partial charge is 0.492 e. The number of hydrogen-bond donors (Lipinski definition) is 0. The summed E-state index contributed by atoms with van der Waals surface area (Å²) in [6.45, 7) is 4.51. The molecule has 27 heavy (non-hydrogen) atoms. The van der Waals surface area contributed by atoms with Crippen LogP contribution in [0.5, 0.6) is 17.2 Å². The van der Waals surface area contributed by atoms with Crippen molar-refractivity contribution in [3.05, 3.63) is 15.6 Å². The van der Waals surface area contributed by atoms with Crippen molar-refractivity contribution >= 4 is 21.8 Å². The summed E-state index contributed by atoms with van der Waals surface area (Å²) in [6.07, 6.45) is 1.31. The highest BCUT2D eigenvalue weighted by Crippen LogP contribution is 2.54. The van der Waals surface area contributed by atoms with Crippen molar-refractivity contribution in [3.63, 3.8) is 0 Å². The molecule has 0 spiro atoms. The van der Waals surface area contributed by atoms with Crippen molar-refractivity contribution in [1.82, 2.24) is 14.7 Å². The summed E-state index contributed by atoms with van der Waals surface area (Å²) in [5, 5.41) is 0. The molecule has 1 saturated heterocycles. The molecule has 0 radical (unpaired) electrons. The maximum atomic E-state index is 13.0. The standard InChI is InChI=1S/C19H26BrN3O4/c1-21-6-8-23(9-7-21)14(24)10-13-15-12(4-5-22(13)2)16(20)18-19(17(15)25-3)27-11-26-18/h13H,4-11H2,1-3H3. The first-order chi connectivity index (χ1) is 13.0. The van der Waals surface area contributed by atoms with Gasteiger partial charge in [-0.1, -0.05) is 0 Å². The average molecular weight is 440 g/mol. The first kappa shape index (κ1) is 18.8. The molecule has 1 unspecified atom stereocenters. The monoisotopic (exact) mass is 439 g/mol. The van der Waals surface area contributed by atoms with Gasteiger partial charge in [-0.2, -0.15) is 0 Å². The Morgan fingerprint density at radius 2 is 1.85 bits per heavy atom. The molecule has 1 aromatic carbocycles. The van der Waals surface area contributed by atoms with E-state index in [2.05, 4.69) is 39.8 Å². The van der Waals surface area contributed by atoms with Crippen LogP contribution in [0.25, 0.3) is 0 Å². The molecule has 3 aliphatic rings. The molecule has 3 heterocycles. The molecule has 8 heteroatoms. The number of carbonyl (C=O) groups is 1. The predicted octanol–water partition coefficient (Wildman–Crippen LogP) is 1.88. The number of piperazine rings is 1. The topological polar surface area (TPSA) is 54.5 Å². The Labute approximate surface area is 168 Å². The highest BCUT2D eigenvalue weighted by atomic mass is 79.9. The number of carbonyl (C=O) groups excluding carboxylic acids is 1. The number of fused-ring (bicyclic) bond motifs is 2. The lowest BCUT2D eigenvalue weighted by Crippen LogP contribution is -2.48. The lowest BCUT2D eigenvalue weighted by atomic mass is 9.89. The number of benzene rings is 1. The Hall–Kier alpha value is -1.51. The molecule has 0 N–H and O–H groups in total. The van der Waals surface area contributed by atoms with Gasteiger partial charge < -0.3 is 24.0 Å². The van der Waals surface area contributed by atoms with Gasteiger partial charge in [-0.3, -0.25) is 9.69 Å². The van der Waals surface area contributed by atoms with Crippen LogP contribution in [0.1, 0.15) is 23.6 Å². The van der Waals surface area contributed by atoms with Gasteiger partial charge in [0.05, 0.1) is 11.6 Å². The molecule has 148 valence electrons. The average Bonchev–Trinajstić information content (AvgIpc) is 3.15. The number of nitrogens with zero attached hydrogens (tertiary/aromatic N) is 3. The summed E-state index contributed by atoms with van der Waals surface area (Å²) in [6, 6.07) is -0.0401. The number of rotatable bonds is 3. The fourth-order valence-corrected chi connectivity index (χ4v) is 4.90. The van der Waals surface area contributed by atoms with E-state index < -0.39 is 0 Å². The fourth-order valence-electron chi connectivity index (χ4n) is 4.20. The third-order valence-corrected chi connectivity index (χ3v) is 6.70. The van der Waals surface area contributed by atoms with Crippen molar-refractivity contribution in [2.24, 2.45) is 0 Å². The zero-order chi connectivity index (χ0) is 19.1. The molecule has 7 nitrogen and oxygen atoms in total. The second-order valence-electron chi connectivity index (χ2n) is 7.44. The quantitative estimate of drug-likeness (QED) is 0.716. The van der Waals surface area contributed by atoms with Gasteiger partial charge in [0.1, 0.15) is 0 Å². The number of ether oxygens (including phenoxy) is 3. The van der Waals surface area contributed by atoms with Gasteiger partial charge >= 0.3 is 0 Å². The third kappa shape index (κ3) is 3.28. The van der Waals surface area contributed by atoms with Gasteiger partial charge in [0, 0.05) is 50.7 Å². The Morgan fingerprint density at radius 1 is 1.15 bits per heavy atom. The van der Waals surface area contributed by atoms with Crippen molar-refractivity contribution in [2.45, 2.75) is 18.9 Å². The Kier molecular flexibility index (Phi) is 5.22. The number of methoxy groups -OCH3 is 1. The van der Waals surface area contributed by atoms with Crippen LogP contribution in [0.3, 0.4) is 0 Å². The molecule has 0 aromatic heterocycles. The van der Waals surface area contributed by atoms with Crippen LogP contribution in [-0.4, -0.2) is 81.3 Å². The highest BCUT2D eigenvalue weighted by Gasteiger charge is 2.38. The van der Waals surface area contributed by atoms with E-state index in [1.54, 1.807) is 7.11 Å². The second-order valence-corrected chi connectivity index (χ2v) is 8.23. The highest BCUT2D eigenvalue weighted by molar-refractivity contribution is 9.10. The van der Waals surface area contributed by atoms with E-state index in [1.165, 1.54) is 0 Å². The molecule has 1 amide bonds. The molecule has 1 aromatic rings. The number of likely N-dealkylation sites (N-methyl/N-ethyl adjacent to an activating group) is 2. The van der Waals surface area contributed by atoms with Gasteiger partial charge in [0.15, 0.2) is 11.5 Å². The van der Waals surface area contributed by atoms with Crippen LogP contribution in [0.4, 0.5) is 0 Å². The van der Waals surface area contributed by atoms with Crippen molar-refractivity contribution < 1.29 is 19.0 Å². The zero-order valence-corrected chi connectivity index (χ0v) is 17.7. The molecule has 0 aliphatic carbocycles. The molecule has 4 rings (SSSR count). The molecule has 3 aliphatic heterocycles. The third-order valence-electron chi connectivity index (χ3n) is 5.86. The van der Waals surface area contributed by atoms with E-state index >= 15 is 0 Å². The minimum absolute atomic E-state index is 0.0401. The van der Waals surface area contributed by atoms with Crippen LogP contribution in [0.2, 0.25) is 0 Å². The van der Waals surface area contributed by atoms with Gasteiger partial charge in [-0.05, 0) is 42.0 Å². The van der Waals surface area contributed by atoms with Crippen LogP contribution >= 0.6 is 15.9 Å². The molecule has 0 bridgehead atoms. The van der Waals surface area contributed by atoms with Crippen molar-refractivity contribution in [2.75, 3.05) is 60.7 Å². The summed E-state index contributed by atoms with van der Waals surface area (Å²) in [7, 11) is 5.82. The van der Waals surface area contributed by atoms with E-state index in [0.29, 0.717) is 23.7 Å². The first-order valence-electron chi connectivity index (χ1n) is 9.35. The minimum Gasteiger partial charge on any atom is -0.492 e. The van der Waals surface area contributed by atoms with E-state index in [-0.39, 0.29) is 18.7 Å². The Morgan fingerprint density at radius 3 is 2.56 bits per heavy atom. The fraction of sp³-hybridized carbons (Fsp3) is 0.632. The number of hydrogen-bond acceptors (Lipinski definition) is 6. The second kappa shape index (κ2) is 7.48. The smallest absolute Gasteiger partial charge is 0.231 e. The van der Waals surface area contributed by atoms with E-state index in [1.807, 2.05) is 4.90 Å². The Bertz CT molecular complexity index is 749. The number of halogens is 1. The summed E-state index contributed by atoms with van der Waals surface area (Å²) < 4.78 is 18.0. The van der Waals surface area contributed by atoms with Crippen molar-refractivity contribution in [3.8, 4) is 17.2 Å². The summed E-state index contributed by atoms with van der Waals surface area (Å²) in [4.78, 5) is 19.5. The Balaban J connectivity index is 1.67. The SMILES string of the molecule is COc1c2c(c(Br)c3c1C(CC(=O)N1CCN(C)CC1)N(C)CC3)OCO2. The van der Waals surface area contributed by atoms with E-state index in [4.69, 9.17) is 14.2 Å². The maximum absolute atomic E-state index is 13.0. The normalized spacial score (nSPS) is 22.7. The molecular weight excluding hydrogens is 414 g/mol. The van der Waals surface area contributed by atoms with Gasteiger partial charge in [-0.25, -0.2) is 0 Å². The first-order valence-corrected chi connectivity index (χ1v) is 10.1. The molecule has 1 atom stereocenters. The van der Waals surface area contributed by atoms with Crippen LogP contribution in [0, 0.1) is 0 Å². The summed E-state index contributed by atoms with van der Waals surface area (Å²) >= 11 is 3.70. The molecule has 1 fully saturated rings. The van der Waals surface area contributed by atoms with Gasteiger partial charge in [0.2, 0.25) is 18.4 Å². The van der Waals surface area contributed by atoms with Crippen LogP contribution < -0.4 is 14.2 Å².